The molecule has 0 amide bonds. The number of rotatable bonds is 0. The van der Waals surface area contributed by atoms with Crippen LogP contribution in [0, 0.1) is 0 Å². The molecule has 0 atom stereocenters. The van der Waals surface area contributed by atoms with Crippen molar-refractivity contribution in [3.05, 3.63) is 0 Å². The molecule has 0 unspecified atom stereocenters. The standard InChI is InChI=1S/C8H14NO2/c1-7(2)5-6(10)8(3,4)9(7)11/h5H2,1-4H3. The SMILES string of the molecule is CC1(C)CC(=O)C(C)(C)N1[O]. The van der Waals surface area contributed by atoms with E-state index in [1.807, 2.05) is 0 Å². The van der Waals surface area contributed by atoms with Crippen molar-refractivity contribution in [3.63, 3.8) is 0 Å². The van der Waals surface area contributed by atoms with Gasteiger partial charge in [0.2, 0.25) is 0 Å². The second kappa shape index (κ2) is 2.05. The number of ketones is 1. The Balaban J connectivity index is 2.98. The van der Waals surface area contributed by atoms with Gasteiger partial charge in [0.1, 0.15) is 5.54 Å². The third kappa shape index (κ3) is 1.08. The van der Waals surface area contributed by atoms with Crippen LogP contribution in [0.2, 0.25) is 0 Å². The fourth-order valence-electron chi connectivity index (χ4n) is 1.55. The minimum atomic E-state index is -0.816. The van der Waals surface area contributed by atoms with Crippen molar-refractivity contribution in [1.82, 2.24) is 5.06 Å². The average Bonchev–Trinajstić information content (AvgIpc) is 1.94. The highest BCUT2D eigenvalue weighted by Gasteiger charge is 2.51. The first-order valence-corrected chi connectivity index (χ1v) is 3.79. The summed E-state index contributed by atoms with van der Waals surface area (Å²) in [6.45, 7) is 6.95. The van der Waals surface area contributed by atoms with Gasteiger partial charge in [0.05, 0.1) is 5.54 Å². The number of Topliss-reactive ketones (excluding diaryl/α,β-unsaturated/α-hetero) is 1. The van der Waals surface area contributed by atoms with Gasteiger partial charge < -0.3 is 0 Å². The predicted molar refractivity (Wildman–Crippen MR) is 40.3 cm³/mol. The molecule has 0 bridgehead atoms. The molecule has 1 aliphatic heterocycles. The second-order valence-corrected chi connectivity index (χ2v) is 4.27. The van der Waals surface area contributed by atoms with E-state index >= 15 is 0 Å². The van der Waals surface area contributed by atoms with E-state index in [2.05, 4.69) is 0 Å². The maximum absolute atomic E-state index is 11.5. The summed E-state index contributed by atoms with van der Waals surface area (Å²) in [7, 11) is 0. The second-order valence-electron chi connectivity index (χ2n) is 4.27. The molecular formula is C8H14NO2. The molecule has 0 spiro atoms. The first-order valence-electron chi connectivity index (χ1n) is 3.79. The smallest absolute Gasteiger partial charge is 0.156 e. The number of carbonyl (C=O) groups excluding carboxylic acids is 1. The molecule has 11 heavy (non-hydrogen) atoms. The molecule has 0 aromatic carbocycles. The van der Waals surface area contributed by atoms with Crippen molar-refractivity contribution in [2.75, 3.05) is 0 Å². The zero-order chi connectivity index (χ0) is 8.86. The summed E-state index contributed by atoms with van der Waals surface area (Å²) in [5.74, 6) is 0.0394. The fourth-order valence-corrected chi connectivity index (χ4v) is 1.55. The predicted octanol–water partition coefficient (Wildman–Crippen LogP) is 1.16. The van der Waals surface area contributed by atoms with Gasteiger partial charge in [0.25, 0.3) is 0 Å². The lowest BCUT2D eigenvalue weighted by atomic mass is 9.99. The van der Waals surface area contributed by atoms with Gasteiger partial charge in [-0.25, -0.2) is 0 Å². The van der Waals surface area contributed by atoms with Gasteiger partial charge in [0.15, 0.2) is 5.78 Å². The Morgan fingerprint density at radius 2 is 1.73 bits per heavy atom. The highest BCUT2D eigenvalue weighted by Crippen LogP contribution is 2.35. The molecule has 1 heterocycles. The van der Waals surface area contributed by atoms with E-state index in [1.165, 1.54) is 0 Å². The molecule has 1 aliphatic rings. The molecule has 0 aromatic rings. The van der Waals surface area contributed by atoms with Gasteiger partial charge in [0, 0.05) is 6.42 Å². The van der Waals surface area contributed by atoms with Crippen LogP contribution in [0.4, 0.5) is 0 Å². The lowest BCUT2D eigenvalue weighted by molar-refractivity contribution is -0.242. The fraction of sp³-hybridized carbons (Fsp3) is 0.875. The van der Waals surface area contributed by atoms with Crippen LogP contribution in [0.15, 0.2) is 0 Å². The minimum Gasteiger partial charge on any atom is -0.297 e. The van der Waals surface area contributed by atoms with Crippen LogP contribution in [-0.4, -0.2) is 21.9 Å². The summed E-state index contributed by atoms with van der Waals surface area (Å²) in [6.07, 6.45) is 0.365. The summed E-state index contributed by atoms with van der Waals surface area (Å²) in [5, 5.41) is 12.4. The molecule has 1 rings (SSSR count). The first-order chi connectivity index (χ1) is 4.78. The zero-order valence-corrected chi connectivity index (χ0v) is 7.47. The quantitative estimate of drug-likeness (QED) is 0.528. The minimum absolute atomic E-state index is 0.0394. The van der Waals surface area contributed by atoms with Gasteiger partial charge >= 0.3 is 0 Å². The maximum Gasteiger partial charge on any atom is 0.156 e. The van der Waals surface area contributed by atoms with Gasteiger partial charge in [-0.05, 0) is 27.7 Å². The van der Waals surface area contributed by atoms with E-state index in [-0.39, 0.29) is 5.78 Å². The lowest BCUT2D eigenvalue weighted by Crippen LogP contribution is -2.46. The van der Waals surface area contributed by atoms with E-state index in [9.17, 15) is 10.0 Å². The molecule has 0 saturated carbocycles. The Bertz CT molecular complexity index is 196. The van der Waals surface area contributed by atoms with Crippen molar-refractivity contribution in [3.8, 4) is 0 Å². The van der Waals surface area contributed by atoms with E-state index < -0.39 is 11.1 Å². The van der Waals surface area contributed by atoms with E-state index in [1.54, 1.807) is 27.7 Å². The van der Waals surface area contributed by atoms with Gasteiger partial charge in [-0.1, -0.05) is 0 Å². The Morgan fingerprint density at radius 1 is 1.27 bits per heavy atom. The molecule has 3 heteroatoms. The third-order valence-electron chi connectivity index (χ3n) is 2.33. The van der Waals surface area contributed by atoms with Gasteiger partial charge in [-0.3, -0.25) is 4.79 Å². The zero-order valence-electron chi connectivity index (χ0n) is 7.47. The van der Waals surface area contributed by atoms with E-state index in [4.69, 9.17) is 0 Å². The molecule has 3 nitrogen and oxygen atoms in total. The largest absolute Gasteiger partial charge is 0.297 e. The third-order valence-corrected chi connectivity index (χ3v) is 2.33. The molecule has 1 fully saturated rings. The monoisotopic (exact) mass is 156 g/mol. The molecular weight excluding hydrogens is 142 g/mol. The number of nitrogens with zero attached hydrogens (tertiary/aromatic N) is 1. The summed E-state index contributed by atoms with van der Waals surface area (Å²) in [5.41, 5.74) is -1.33. The summed E-state index contributed by atoms with van der Waals surface area (Å²) >= 11 is 0. The Hall–Kier alpha value is -0.410. The molecule has 1 saturated heterocycles. The van der Waals surface area contributed by atoms with Crippen LogP contribution in [-0.2, 0) is 10.0 Å². The van der Waals surface area contributed by atoms with Crippen LogP contribution >= 0.6 is 0 Å². The van der Waals surface area contributed by atoms with Gasteiger partial charge in [-0.2, -0.15) is 0 Å². The molecule has 1 radical (unpaired) electrons. The molecule has 0 aromatic heterocycles. The molecule has 63 valence electrons. The summed E-state index contributed by atoms with van der Waals surface area (Å²) < 4.78 is 0. The van der Waals surface area contributed by atoms with Gasteiger partial charge in [-0.15, -0.1) is 10.3 Å². The van der Waals surface area contributed by atoms with Crippen molar-refractivity contribution in [2.45, 2.75) is 45.2 Å². The van der Waals surface area contributed by atoms with Crippen molar-refractivity contribution in [2.24, 2.45) is 0 Å². The number of hydrogen-bond donors (Lipinski definition) is 0. The Kier molecular flexibility index (Phi) is 1.62. The van der Waals surface area contributed by atoms with E-state index in [0.717, 1.165) is 5.06 Å². The highest BCUT2D eigenvalue weighted by molar-refractivity contribution is 5.90. The van der Waals surface area contributed by atoms with E-state index in [0.29, 0.717) is 6.42 Å². The number of hydroxylamine groups is 2. The number of carbonyl (C=O) groups is 1. The van der Waals surface area contributed by atoms with Crippen LogP contribution in [0.1, 0.15) is 34.1 Å². The average molecular weight is 156 g/mol. The topological polar surface area (TPSA) is 40.2 Å². The first kappa shape index (κ1) is 8.68. The highest BCUT2D eigenvalue weighted by atomic mass is 16.5. The number of hydrogen-bond acceptors (Lipinski definition) is 2. The van der Waals surface area contributed by atoms with Crippen LogP contribution in [0.25, 0.3) is 0 Å². The van der Waals surface area contributed by atoms with Crippen molar-refractivity contribution in [1.29, 1.82) is 0 Å². The maximum atomic E-state index is 11.5. The normalized spacial score (nSPS) is 29.4. The lowest BCUT2D eigenvalue weighted by Gasteiger charge is -2.29. The molecule has 0 N–H and O–H groups in total. The van der Waals surface area contributed by atoms with Crippen LogP contribution in [0.3, 0.4) is 0 Å². The van der Waals surface area contributed by atoms with Crippen molar-refractivity contribution < 1.29 is 10.0 Å². The van der Waals surface area contributed by atoms with Crippen LogP contribution < -0.4 is 0 Å². The Labute approximate surface area is 67.0 Å². The van der Waals surface area contributed by atoms with Crippen molar-refractivity contribution >= 4 is 5.78 Å². The Morgan fingerprint density at radius 3 is 1.82 bits per heavy atom. The summed E-state index contributed by atoms with van der Waals surface area (Å²) in [4.78, 5) is 11.3. The molecule has 0 aliphatic carbocycles. The van der Waals surface area contributed by atoms with Crippen LogP contribution in [0.5, 0.6) is 0 Å². The summed E-state index contributed by atoms with van der Waals surface area (Å²) in [6, 6.07) is 0.